The highest BCUT2D eigenvalue weighted by atomic mass is 16.2. The fourth-order valence-corrected chi connectivity index (χ4v) is 7.25. The molecule has 1 saturated heterocycles. The maximum Gasteiger partial charge on any atom is 0.237 e. The first-order chi connectivity index (χ1) is 14.0. The lowest BCUT2D eigenvalue weighted by Crippen LogP contribution is -2.54. The van der Waals surface area contributed by atoms with Crippen molar-refractivity contribution < 1.29 is 9.59 Å². The van der Waals surface area contributed by atoms with Crippen LogP contribution in [0.4, 0.5) is 0 Å². The molecule has 1 N–H and O–H groups in total. The largest absolute Gasteiger partial charge is 0.348 e. The van der Waals surface area contributed by atoms with Crippen molar-refractivity contribution >= 4 is 11.7 Å². The summed E-state index contributed by atoms with van der Waals surface area (Å²) in [5.41, 5.74) is 1.06. The molecular weight excluding hydrogens is 360 g/mol. The van der Waals surface area contributed by atoms with Gasteiger partial charge < -0.3 is 5.32 Å². The van der Waals surface area contributed by atoms with Gasteiger partial charge in [-0.1, -0.05) is 30.3 Å². The van der Waals surface area contributed by atoms with E-state index in [0.717, 1.165) is 62.0 Å². The molecule has 5 fully saturated rings. The Labute approximate surface area is 174 Å². The Hall–Kier alpha value is -1.68. The summed E-state index contributed by atoms with van der Waals surface area (Å²) in [4.78, 5) is 28.7. The standard InChI is InChI=1S/C25H34N2O2/c1-17(21-6-3-2-4-7-21)26-24(29)22-8-5-9-27(22)16-23(28)25-13-18-10-19(14-25)12-20(11-18)15-25/h2-4,6-7,17-20,22H,5,8-16H2,1H3,(H,26,29)/t17-,18?,19?,20?,22-,25?/m0/s1. The van der Waals surface area contributed by atoms with Crippen LogP contribution in [0.3, 0.4) is 0 Å². The van der Waals surface area contributed by atoms with Crippen LogP contribution >= 0.6 is 0 Å². The Morgan fingerprint density at radius 2 is 1.69 bits per heavy atom. The molecule has 0 unspecified atom stereocenters. The molecule has 1 aromatic carbocycles. The third-order valence-corrected chi connectivity index (χ3v) is 8.30. The van der Waals surface area contributed by atoms with Gasteiger partial charge >= 0.3 is 0 Å². The summed E-state index contributed by atoms with van der Waals surface area (Å²) in [6.45, 7) is 3.38. The second-order valence-corrected chi connectivity index (χ2v) is 10.4. The van der Waals surface area contributed by atoms with Crippen molar-refractivity contribution in [2.75, 3.05) is 13.1 Å². The van der Waals surface area contributed by atoms with Crippen LogP contribution in [0.25, 0.3) is 0 Å². The number of amides is 1. The lowest BCUT2D eigenvalue weighted by atomic mass is 9.48. The van der Waals surface area contributed by atoms with Gasteiger partial charge in [-0.05, 0) is 88.2 Å². The molecule has 0 spiro atoms. The molecule has 4 heteroatoms. The number of likely N-dealkylation sites (tertiary alicyclic amines) is 1. The molecule has 4 nitrogen and oxygen atoms in total. The number of carbonyl (C=O) groups is 2. The number of carbonyl (C=O) groups excluding carboxylic acids is 2. The van der Waals surface area contributed by atoms with Crippen LogP contribution in [0.5, 0.6) is 0 Å². The van der Waals surface area contributed by atoms with E-state index in [1.54, 1.807) is 0 Å². The van der Waals surface area contributed by atoms with E-state index in [4.69, 9.17) is 0 Å². The van der Waals surface area contributed by atoms with E-state index in [-0.39, 0.29) is 23.4 Å². The molecule has 0 aromatic heterocycles. The van der Waals surface area contributed by atoms with Crippen molar-refractivity contribution in [1.82, 2.24) is 10.2 Å². The van der Waals surface area contributed by atoms with E-state index in [2.05, 4.69) is 10.2 Å². The zero-order chi connectivity index (χ0) is 20.0. The first kappa shape index (κ1) is 19.3. The predicted octanol–water partition coefficient (Wildman–Crippen LogP) is 4.11. The normalized spacial score (nSPS) is 36.9. The Bertz CT molecular complexity index is 739. The topological polar surface area (TPSA) is 49.4 Å². The highest BCUT2D eigenvalue weighted by Gasteiger charge is 2.54. The third-order valence-electron chi connectivity index (χ3n) is 8.30. The van der Waals surface area contributed by atoms with Crippen LogP contribution in [0.1, 0.15) is 69.9 Å². The molecule has 156 valence electrons. The molecule has 1 heterocycles. The Morgan fingerprint density at radius 3 is 2.31 bits per heavy atom. The van der Waals surface area contributed by atoms with E-state index in [0.29, 0.717) is 12.3 Å². The number of rotatable bonds is 6. The summed E-state index contributed by atoms with van der Waals surface area (Å²) < 4.78 is 0. The molecule has 29 heavy (non-hydrogen) atoms. The lowest BCUT2D eigenvalue weighted by molar-refractivity contribution is -0.145. The van der Waals surface area contributed by atoms with Crippen molar-refractivity contribution in [3.63, 3.8) is 0 Å². The maximum atomic E-state index is 13.5. The van der Waals surface area contributed by atoms with Crippen molar-refractivity contribution in [3.05, 3.63) is 35.9 Å². The minimum Gasteiger partial charge on any atom is -0.348 e. The average Bonchev–Trinajstić information content (AvgIpc) is 3.16. The van der Waals surface area contributed by atoms with Crippen molar-refractivity contribution in [1.29, 1.82) is 0 Å². The summed E-state index contributed by atoms with van der Waals surface area (Å²) in [6.07, 6.45) is 9.30. The molecule has 0 radical (unpaired) electrons. The fraction of sp³-hybridized carbons (Fsp3) is 0.680. The Morgan fingerprint density at radius 1 is 1.07 bits per heavy atom. The number of nitrogens with one attached hydrogen (secondary N) is 1. The number of ketones is 1. The highest BCUT2D eigenvalue weighted by molar-refractivity contribution is 5.88. The first-order valence-electron chi connectivity index (χ1n) is 11.6. The van der Waals surface area contributed by atoms with Crippen molar-refractivity contribution in [2.45, 2.75) is 70.4 Å². The molecule has 2 atom stereocenters. The van der Waals surface area contributed by atoms with Crippen LogP contribution in [0.2, 0.25) is 0 Å². The summed E-state index contributed by atoms with van der Waals surface area (Å²) in [6, 6.07) is 9.94. The molecule has 4 aliphatic carbocycles. The summed E-state index contributed by atoms with van der Waals surface area (Å²) in [5.74, 6) is 2.88. The van der Waals surface area contributed by atoms with Crippen LogP contribution in [-0.4, -0.2) is 35.7 Å². The minimum absolute atomic E-state index is 0.00925. The molecule has 4 saturated carbocycles. The van der Waals surface area contributed by atoms with Crippen molar-refractivity contribution in [2.24, 2.45) is 23.2 Å². The summed E-state index contributed by atoms with van der Waals surface area (Å²) in [7, 11) is 0. The van der Waals surface area contributed by atoms with Gasteiger partial charge in [-0.15, -0.1) is 0 Å². The van der Waals surface area contributed by atoms with Crippen LogP contribution < -0.4 is 5.32 Å². The monoisotopic (exact) mass is 394 g/mol. The lowest BCUT2D eigenvalue weighted by Gasteiger charge is -2.56. The van der Waals surface area contributed by atoms with E-state index in [1.165, 1.54) is 19.3 Å². The molecule has 1 aliphatic heterocycles. The molecular formula is C25H34N2O2. The summed E-state index contributed by atoms with van der Waals surface area (Å²) in [5, 5.41) is 3.18. The molecule has 6 rings (SSSR count). The van der Waals surface area contributed by atoms with Gasteiger partial charge in [-0.2, -0.15) is 0 Å². The Balaban J connectivity index is 1.23. The SMILES string of the molecule is C[C@H](NC(=O)[C@@H]1CCCN1CC(=O)C12CC3CC(CC(C3)C1)C2)c1ccccc1. The van der Waals surface area contributed by atoms with Crippen molar-refractivity contribution in [3.8, 4) is 0 Å². The predicted molar refractivity (Wildman–Crippen MR) is 113 cm³/mol. The van der Waals surface area contributed by atoms with Crippen LogP contribution in [0, 0.1) is 23.2 Å². The number of hydrogen-bond donors (Lipinski definition) is 1. The van der Waals surface area contributed by atoms with Gasteiger partial charge in [0.05, 0.1) is 18.6 Å². The zero-order valence-corrected chi connectivity index (χ0v) is 17.6. The van der Waals surface area contributed by atoms with Gasteiger partial charge in [-0.25, -0.2) is 0 Å². The molecule has 4 bridgehead atoms. The Kier molecular flexibility index (Phi) is 5.01. The highest BCUT2D eigenvalue weighted by Crippen LogP contribution is 2.60. The maximum absolute atomic E-state index is 13.5. The fourth-order valence-electron chi connectivity index (χ4n) is 7.25. The number of hydrogen-bond acceptors (Lipinski definition) is 3. The summed E-state index contributed by atoms with van der Waals surface area (Å²) >= 11 is 0. The molecule has 1 amide bonds. The van der Waals surface area contributed by atoms with Gasteiger partial charge in [0.2, 0.25) is 5.91 Å². The smallest absolute Gasteiger partial charge is 0.237 e. The second kappa shape index (κ2) is 7.54. The number of Topliss-reactive ketones (excluding diaryl/α,β-unsaturated/α-hetero) is 1. The number of nitrogens with zero attached hydrogens (tertiary/aromatic N) is 1. The minimum atomic E-state index is -0.154. The molecule has 5 aliphatic rings. The van der Waals surface area contributed by atoms with E-state index >= 15 is 0 Å². The quantitative estimate of drug-likeness (QED) is 0.790. The molecule has 1 aromatic rings. The third kappa shape index (κ3) is 3.65. The van der Waals surface area contributed by atoms with Gasteiger partial charge in [0.25, 0.3) is 0 Å². The van der Waals surface area contributed by atoms with E-state index < -0.39 is 0 Å². The number of benzene rings is 1. The average molecular weight is 395 g/mol. The van der Waals surface area contributed by atoms with Crippen LogP contribution in [0.15, 0.2) is 30.3 Å². The zero-order valence-electron chi connectivity index (χ0n) is 17.6. The van der Waals surface area contributed by atoms with Gasteiger partial charge in [-0.3, -0.25) is 14.5 Å². The van der Waals surface area contributed by atoms with Gasteiger partial charge in [0.1, 0.15) is 0 Å². The second-order valence-electron chi connectivity index (χ2n) is 10.4. The van der Waals surface area contributed by atoms with E-state index in [9.17, 15) is 9.59 Å². The first-order valence-corrected chi connectivity index (χ1v) is 11.6. The van der Waals surface area contributed by atoms with Gasteiger partial charge in [0, 0.05) is 5.41 Å². The van der Waals surface area contributed by atoms with Crippen LogP contribution in [-0.2, 0) is 9.59 Å². The van der Waals surface area contributed by atoms with Gasteiger partial charge in [0.15, 0.2) is 5.78 Å². The van der Waals surface area contributed by atoms with E-state index in [1.807, 2.05) is 37.3 Å².